The van der Waals surface area contributed by atoms with Gasteiger partial charge in [0.05, 0.1) is 5.56 Å². The summed E-state index contributed by atoms with van der Waals surface area (Å²) in [5.41, 5.74) is 0.0277. The zero-order valence-electron chi connectivity index (χ0n) is 15.0. The maximum Gasteiger partial charge on any atom is 0.416 e. The minimum atomic E-state index is -4.36. The van der Waals surface area contributed by atoms with Gasteiger partial charge in [-0.2, -0.15) is 13.2 Å². The second kappa shape index (κ2) is 8.26. The Morgan fingerprint density at radius 1 is 0.893 bits per heavy atom. The van der Waals surface area contributed by atoms with Crippen LogP contribution < -0.4 is 0 Å². The van der Waals surface area contributed by atoms with Crippen LogP contribution in [0.3, 0.4) is 0 Å². The number of alkyl halides is 3. The summed E-state index contributed by atoms with van der Waals surface area (Å²) in [7, 11) is 0. The van der Waals surface area contributed by atoms with Gasteiger partial charge in [0.2, 0.25) is 0 Å². The van der Waals surface area contributed by atoms with Crippen LogP contribution in [0.25, 0.3) is 0 Å². The number of hydrogen-bond donors (Lipinski definition) is 0. The third-order valence-electron chi connectivity index (χ3n) is 4.67. The second-order valence-corrected chi connectivity index (χ2v) is 6.77. The molecular weight excluding hydrogens is 379 g/mol. The molecule has 0 atom stereocenters. The molecule has 1 saturated heterocycles. The molecule has 0 aliphatic carbocycles. The number of benzene rings is 2. The molecule has 0 unspecified atom stereocenters. The van der Waals surface area contributed by atoms with Gasteiger partial charge in [-0.25, -0.2) is 8.78 Å². The van der Waals surface area contributed by atoms with Gasteiger partial charge in [-0.05, 0) is 36.2 Å². The van der Waals surface area contributed by atoms with Crippen molar-refractivity contribution < 1.29 is 26.7 Å². The maximum absolute atomic E-state index is 13.4. The quantitative estimate of drug-likeness (QED) is 0.719. The van der Waals surface area contributed by atoms with Crippen LogP contribution in [0.1, 0.15) is 27.9 Å². The van der Waals surface area contributed by atoms with Crippen molar-refractivity contribution in [1.82, 2.24) is 9.80 Å². The zero-order chi connectivity index (χ0) is 20.3. The zero-order valence-corrected chi connectivity index (χ0v) is 15.0. The molecular formula is C20H19F5N2O. The van der Waals surface area contributed by atoms with Gasteiger partial charge in [-0.15, -0.1) is 0 Å². The van der Waals surface area contributed by atoms with E-state index in [4.69, 9.17) is 0 Å². The monoisotopic (exact) mass is 398 g/mol. The molecule has 2 aromatic carbocycles. The lowest BCUT2D eigenvalue weighted by molar-refractivity contribution is -0.137. The molecule has 0 spiro atoms. The predicted octanol–water partition coefficient (Wildman–Crippen LogP) is 4.33. The molecule has 28 heavy (non-hydrogen) atoms. The van der Waals surface area contributed by atoms with E-state index in [1.54, 1.807) is 4.90 Å². The number of halogens is 5. The SMILES string of the molecule is O=C(c1cc(F)cc(F)c1)N1CCCN(Cc2ccc(C(F)(F)F)cc2)CC1. The number of amides is 1. The predicted molar refractivity (Wildman–Crippen MR) is 93.6 cm³/mol. The number of carbonyl (C=O) groups excluding carboxylic acids is 1. The van der Waals surface area contributed by atoms with Crippen molar-refractivity contribution in [2.45, 2.75) is 19.1 Å². The van der Waals surface area contributed by atoms with E-state index >= 15 is 0 Å². The van der Waals surface area contributed by atoms with Crippen LogP contribution in [0.2, 0.25) is 0 Å². The van der Waals surface area contributed by atoms with Crippen LogP contribution in [0, 0.1) is 11.6 Å². The maximum atomic E-state index is 13.4. The van der Waals surface area contributed by atoms with Gasteiger partial charge < -0.3 is 4.90 Å². The molecule has 0 aromatic heterocycles. The van der Waals surface area contributed by atoms with E-state index in [2.05, 4.69) is 0 Å². The largest absolute Gasteiger partial charge is 0.416 e. The van der Waals surface area contributed by atoms with Gasteiger partial charge in [0, 0.05) is 44.4 Å². The number of carbonyl (C=O) groups is 1. The van der Waals surface area contributed by atoms with Crippen LogP contribution in [-0.2, 0) is 12.7 Å². The van der Waals surface area contributed by atoms with E-state index in [0.29, 0.717) is 45.2 Å². The molecule has 1 fully saturated rings. The van der Waals surface area contributed by atoms with Gasteiger partial charge in [0.1, 0.15) is 11.6 Å². The highest BCUT2D eigenvalue weighted by atomic mass is 19.4. The summed E-state index contributed by atoms with van der Waals surface area (Å²) in [5, 5.41) is 0. The highest BCUT2D eigenvalue weighted by Gasteiger charge is 2.30. The van der Waals surface area contributed by atoms with Gasteiger partial charge in [-0.1, -0.05) is 12.1 Å². The standard InChI is InChI=1S/C20H19F5N2O/c21-17-10-15(11-18(22)12-17)19(28)27-7-1-6-26(8-9-27)13-14-2-4-16(5-3-14)20(23,24)25/h2-5,10-12H,1,6-9,13H2. The van der Waals surface area contributed by atoms with Gasteiger partial charge in [-0.3, -0.25) is 9.69 Å². The minimum Gasteiger partial charge on any atom is -0.337 e. The molecule has 1 aliphatic rings. The Bertz CT molecular complexity index is 815. The van der Waals surface area contributed by atoms with Gasteiger partial charge in [0.15, 0.2) is 0 Å². The summed E-state index contributed by atoms with van der Waals surface area (Å²) in [6.45, 7) is 2.47. The Kier molecular flexibility index (Phi) is 5.98. The van der Waals surface area contributed by atoms with E-state index in [0.717, 1.165) is 29.8 Å². The second-order valence-electron chi connectivity index (χ2n) is 6.77. The molecule has 8 heteroatoms. The van der Waals surface area contributed by atoms with Gasteiger partial charge >= 0.3 is 6.18 Å². The van der Waals surface area contributed by atoms with Crippen molar-refractivity contribution in [3.63, 3.8) is 0 Å². The third kappa shape index (κ3) is 5.07. The highest BCUT2D eigenvalue weighted by Crippen LogP contribution is 2.29. The summed E-state index contributed by atoms with van der Waals surface area (Å²) < 4.78 is 64.6. The minimum absolute atomic E-state index is 0.0336. The molecule has 1 aliphatic heterocycles. The first-order valence-corrected chi connectivity index (χ1v) is 8.86. The topological polar surface area (TPSA) is 23.6 Å². The van der Waals surface area contributed by atoms with Crippen molar-refractivity contribution in [2.75, 3.05) is 26.2 Å². The van der Waals surface area contributed by atoms with Crippen molar-refractivity contribution >= 4 is 5.91 Å². The summed E-state index contributed by atoms with van der Waals surface area (Å²) >= 11 is 0. The molecule has 150 valence electrons. The molecule has 1 amide bonds. The van der Waals surface area contributed by atoms with Gasteiger partial charge in [0.25, 0.3) is 5.91 Å². The lowest BCUT2D eigenvalue weighted by Crippen LogP contribution is -2.35. The fourth-order valence-electron chi connectivity index (χ4n) is 3.25. The summed E-state index contributed by atoms with van der Waals surface area (Å²) in [6.07, 6.45) is -3.71. The van der Waals surface area contributed by atoms with Crippen molar-refractivity contribution in [1.29, 1.82) is 0 Å². The summed E-state index contributed by atoms with van der Waals surface area (Å²) in [5.74, 6) is -2.04. The van der Waals surface area contributed by atoms with Crippen molar-refractivity contribution in [3.8, 4) is 0 Å². The van der Waals surface area contributed by atoms with Crippen LogP contribution in [0.15, 0.2) is 42.5 Å². The number of hydrogen-bond acceptors (Lipinski definition) is 2. The average molecular weight is 398 g/mol. The first-order chi connectivity index (χ1) is 13.2. The molecule has 3 nitrogen and oxygen atoms in total. The molecule has 3 rings (SSSR count). The van der Waals surface area contributed by atoms with Crippen molar-refractivity contribution in [3.05, 3.63) is 70.8 Å². The molecule has 0 bridgehead atoms. The highest BCUT2D eigenvalue weighted by molar-refractivity contribution is 5.94. The molecule has 1 heterocycles. The van der Waals surface area contributed by atoms with Crippen molar-refractivity contribution in [2.24, 2.45) is 0 Å². The fourth-order valence-corrected chi connectivity index (χ4v) is 3.25. The Morgan fingerprint density at radius 2 is 1.54 bits per heavy atom. The summed E-state index contributed by atoms with van der Waals surface area (Å²) in [4.78, 5) is 16.1. The lowest BCUT2D eigenvalue weighted by Gasteiger charge is -2.22. The lowest BCUT2D eigenvalue weighted by atomic mass is 10.1. The first kappa shape index (κ1) is 20.3. The molecule has 0 radical (unpaired) electrons. The summed E-state index contributed by atoms with van der Waals surface area (Å²) in [6, 6.07) is 7.75. The molecule has 0 saturated carbocycles. The van der Waals surface area contributed by atoms with E-state index < -0.39 is 29.3 Å². The third-order valence-corrected chi connectivity index (χ3v) is 4.67. The first-order valence-electron chi connectivity index (χ1n) is 8.86. The van der Waals surface area contributed by atoms with Crippen LogP contribution in [0.4, 0.5) is 22.0 Å². The van der Waals surface area contributed by atoms with Crippen LogP contribution in [-0.4, -0.2) is 41.9 Å². The molecule has 0 N–H and O–H groups in total. The Hall–Kier alpha value is -2.48. The smallest absolute Gasteiger partial charge is 0.337 e. The number of nitrogens with zero attached hydrogens (tertiary/aromatic N) is 2. The fraction of sp³-hybridized carbons (Fsp3) is 0.350. The van der Waals surface area contributed by atoms with E-state index in [-0.39, 0.29) is 5.56 Å². The Labute approximate surface area is 159 Å². The van der Waals surface area contributed by atoms with E-state index in [1.165, 1.54) is 12.1 Å². The van der Waals surface area contributed by atoms with Crippen LogP contribution in [0.5, 0.6) is 0 Å². The Morgan fingerprint density at radius 3 is 2.14 bits per heavy atom. The van der Waals surface area contributed by atoms with E-state index in [9.17, 15) is 26.7 Å². The van der Waals surface area contributed by atoms with Crippen LogP contribution >= 0.6 is 0 Å². The average Bonchev–Trinajstić information content (AvgIpc) is 2.85. The Balaban J connectivity index is 1.61. The number of rotatable bonds is 3. The normalized spacial score (nSPS) is 16.1. The van der Waals surface area contributed by atoms with E-state index in [1.807, 2.05) is 4.90 Å². The molecule has 2 aromatic rings.